The van der Waals surface area contributed by atoms with Gasteiger partial charge in [0.1, 0.15) is 11.6 Å². The van der Waals surface area contributed by atoms with E-state index in [1.807, 2.05) is 43.3 Å². The van der Waals surface area contributed by atoms with Crippen molar-refractivity contribution in [2.75, 3.05) is 27.7 Å². The van der Waals surface area contributed by atoms with E-state index < -0.39 is 5.82 Å². The number of fused-ring (bicyclic) bond motifs is 1. The molecule has 0 bridgehead atoms. The fraction of sp³-hybridized carbons (Fsp3) is 0.263. The first-order valence-electron chi connectivity index (χ1n) is 8.39. The van der Waals surface area contributed by atoms with Crippen LogP contribution in [-0.4, -0.2) is 48.5 Å². The highest BCUT2D eigenvalue weighted by Crippen LogP contribution is 2.27. The number of amides is 1. The minimum Gasteiger partial charge on any atom is -0.496 e. The van der Waals surface area contributed by atoms with Crippen LogP contribution in [0.2, 0.25) is 0 Å². The summed E-state index contributed by atoms with van der Waals surface area (Å²) in [6.07, 6.45) is 0. The molecule has 0 aliphatic rings. The second kappa shape index (κ2) is 7.89. The third kappa shape index (κ3) is 4.01. The van der Waals surface area contributed by atoms with Crippen LogP contribution in [0.3, 0.4) is 0 Å². The number of halogens is 1. The molecule has 8 heteroatoms. The molecule has 0 aliphatic heterocycles. The second-order valence-electron chi connectivity index (χ2n) is 6.39. The van der Waals surface area contributed by atoms with Gasteiger partial charge < -0.3 is 24.9 Å². The van der Waals surface area contributed by atoms with E-state index in [2.05, 4.69) is 15.3 Å². The molecule has 0 fully saturated rings. The number of aromatic nitrogens is 2. The number of H-pyrrole nitrogens is 2. The third-order valence-electron chi connectivity index (χ3n) is 4.41. The molecule has 0 aliphatic carbocycles. The van der Waals surface area contributed by atoms with E-state index in [4.69, 9.17) is 17.0 Å². The highest BCUT2D eigenvalue weighted by Gasteiger charge is 2.20. The lowest BCUT2D eigenvalue weighted by molar-refractivity contribution is 0.0942. The lowest BCUT2D eigenvalue weighted by atomic mass is 10.0. The lowest BCUT2D eigenvalue weighted by Gasteiger charge is -2.26. The van der Waals surface area contributed by atoms with Crippen LogP contribution in [0.15, 0.2) is 36.4 Å². The predicted octanol–water partition coefficient (Wildman–Crippen LogP) is 3.41. The number of methoxy groups -OCH3 is 1. The number of para-hydroxylation sites is 1. The molecule has 1 heterocycles. The van der Waals surface area contributed by atoms with Crippen molar-refractivity contribution in [2.24, 2.45) is 0 Å². The first kappa shape index (κ1) is 19.1. The molecule has 0 spiro atoms. The number of likely N-dealkylation sites (N-methyl/N-ethyl adjacent to an activating group) is 1. The molecule has 142 valence electrons. The van der Waals surface area contributed by atoms with Crippen LogP contribution < -0.4 is 10.1 Å². The zero-order valence-electron chi connectivity index (χ0n) is 15.3. The Morgan fingerprint density at radius 2 is 2.04 bits per heavy atom. The number of benzene rings is 2. The minimum atomic E-state index is -0.508. The van der Waals surface area contributed by atoms with Gasteiger partial charge in [-0.25, -0.2) is 4.39 Å². The van der Waals surface area contributed by atoms with Gasteiger partial charge >= 0.3 is 0 Å². The summed E-state index contributed by atoms with van der Waals surface area (Å²) < 4.78 is 19.7. The fourth-order valence-electron chi connectivity index (χ4n) is 3.08. The van der Waals surface area contributed by atoms with Gasteiger partial charge in [-0.1, -0.05) is 18.2 Å². The first-order chi connectivity index (χ1) is 12.9. The maximum atomic E-state index is 13.9. The van der Waals surface area contributed by atoms with Gasteiger partial charge in [0, 0.05) is 12.1 Å². The van der Waals surface area contributed by atoms with Gasteiger partial charge in [0.2, 0.25) is 0 Å². The van der Waals surface area contributed by atoms with Crippen molar-refractivity contribution in [1.82, 2.24) is 20.2 Å². The summed E-state index contributed by atoms with van der Waals surface area (Å²) in [5, 5.41) is 2.89. The zero-order chi connectivity index (χ0) is 19.6. The molecular weight excluding hydrogens is 367 g/mol. The molecule has 1 unspecified atom stereocenters. The number of rotatable bonds is 6. The van der Waals surface area contributed by atoms with Gasteiger partial charge in [-0.15, -0.1) is 0 Å². The van der Waals surface area contributed by atoms with E-state index in [9.17, 15) is 9.18 Å². The normalized spacial score (nSPS) is 12.3. The molecule has 1 amide bonds. The maximum Gasteiger partial charge on any atom is 0.253 e. The Balaban J connectivity index is 1.86. The highest BCUT2D eigenvalue weighted by molar-refractivity contribution is 7.71. The molecular formula is C19H21FN4O2S. The summed E-state index contributed by atoms with van der Waals surface area (Å²) >= 11 is 5.05. The van der Waals surface area contributed by atoms with Gasteiger partial charge in [0.25, 0.3) is 5.91 Å². The molecule has 0 radical (unpaired) electrons. The second-order valence-corrected chi connectivity index (χ2v) is 6.79. The van der Waals surface area contributed by atoms with Crippen molar-refractivity contribution >= 4 is 29.2 Å². The first-order valence-corrected chi connectivity index (χ1v) is 8.80. The van der Waals surface area contributed by atoms with Gasteiger partial charge in [0.15, 0.2) is 4.77 Å². The van der Waals surface area contributed by atoms with Crippen molar-refractivity contribution in [3.63, 3.8) is 0 Å². The minimum absolute atomic E-state index is 0.112. The number of hydrogen-bond donors (Lipinski definition) is 3. The number of nitrogens with one attached hydrogen (secondary N) is 3. The number of carbonyl (C=O) groups is 1. The monoisotopic (exact) mass is 388 g/mol. The number of imidazole rings is 1. The molecule has 2 aromatic carbocycles. The molecule has 3 N–H and O–H groups in total. The van der Waals surface area contributed by atoms with Gasteiger partial charge in [-0.2, -0.15) is 0 Å². The summed E-state index contributed by atoms with van der Waals surface area (Å²) in [5.74, 6) is -0.147. The van der Waals surface area contributed by atoms with Crippen LogP contribution in [0.5, 0.6) is 5.75 Å². The van der Waals surface area contributed by atoms with Crippen LogP contribution >= 0.6 is 12.2 Å². The standard InChI is InChI=1S/C19H21FN4O2S/c1-24(2)15(12-6-4-5-7-16(12)26-3)10-21-18(25)13-8-11(20)9-14-17(13)23-19(27)22-14/h4-9,15H,10H2,1-3H3,(H,21,25)(H2,22,23,27). The van der Waals surface area contributed by atoms with Crippen molar-refractivity contribution < 1.29 is 13.9 Å². The van der Waals surface area contributed by atoms with Gasteiger partial charge in [-0.05, 0) is 44.5 Å². The summed E-state index contributed by atoms with van der Waals surface area (Å²) in [5.41, 5.74) is 2.10. The summed E-state index contributed by atoms with van der Waals surface area (Å²) in [4.78, 5) is 20.5. The number of nitrogens with zero attached hydrogens (tertiary/aromatic N) is 1. The Bertz CT molecular complexity index is 1030. The van der Waals surface area contributed by atoms with Gasteiger partial charge in [-0.3, -0.25) is 4.79 Å². The predicted molar refractivity (Wildman–Crippen MR) is 105 cm³/mol. The average molecular weight is 388 g/mol. The van der Waals surface area contributed by atoms with E-state index in [1.54, 1.807) is 7.11 Å². The third-order valence-corrected chi connectivity index (χ3v) is 4.62. The van der Waals surface area contributed by atoms with Crippen molar-refractivity contribution in [3.05, 3.63) is 58.1 Å². The summed E-state index contributed by atoms with van der Waals surface area (Å²) in [7, 11) is 5.46. The van der Waals surface area contributed by atoms with Crippen molar-refractivity contribution in [3.8, 4) is 5.75 Å². The van der Waals surface area contributed by atoms with E-state index in [0.717, 1.165) is 11.3 Å². The Labute approximate surface area is 161 Å². The molecule has 0 saturated heterocycles. The molecule has 0 saturated carbocycles. The Morgan fingerprint density at radius 3 is 2.74 bits per heavy atom. The number of aromatic amines is 2. The van der Waals surface area contributed by atoms with E-state index in [-0.39, 0.29) is 17.5 Å². The average Bonchev–Trinajstić information content (AvgIpc) is 3.00. The van der Waals surface area contributed by atoms with Gasteiger partial charge in [0.05, 0.1) is 29.7 Å². The van der Waals surface area contributed by atoms with E-state index in [1.165, 1.54) is 12.1 Å². The van der Waals surface area contributed by atoms with Crippen LogP contribution in [0.1, 0.15) is 22.0 Å². The molecule has 3 rings (SSSR count). The number of ether oxygens (including phenoxy) is 1. The molecule has 1 aromatic heterocycles. The number of carbonyl (C=O) groups excluding carboxylic acids is 1. The van der Waals surface area contributed by atoms with Crippen LogP contribution in [0, 0.1) is 10.6 Å². The Hall–Kier alpha value is -2.71. The summed E-state index contributed by atoms with van der Waals surface area (Å²) in [6, 6.07) is 10.0. The lowest BCUT2D eigenvalue weighted by Crippen LogP contribution is -2.34. The Kier molecular flexibility index (Phi) is 5.57. The molecule has 27 heavy (non-hydrogen) atoms. The highest BCUT2D eigenvalue weighted by atomic mass is 32.1. The molecule has 6 nitrogen and oxygen atoms in total. The topological polar surface area (TPSA) is 73.1 Å². The van der Waals surface area contributed by atoms with Crippen molar-refractivity contribution in [2.45, 2.75) is 6.04 Å². The largest absolute Gasteiger partial charge is 0.496 e. The van der Waals surface area contributed by atoms with E-state index >= 15 is 0 Å². The van der Waals surface area contributed by atoms with Crippen LogP contribution in [0.4, 0.5) is 4.39 Å². The van der Waals surface area contributed by atoms with E-state index in [0.29, 0.717) is 22.3 Å². The quantitative estimate of drug-likeness (QED) is 0.566. The zero-order valence-corrected chi connectivity index (χ0v) is 16.1. The van der Waals surface area contributed by atoms with Crippen molar-refractivity contribution in [1.29, 1.82) is 0 Å². The summed E-state index contributed by atoms with van der Waals surface area (Å²) in [6.45, 7) is 0.329. The Morgan fingerprint density at radius 1 is 1.30 bits per heavy atom. The maximum absolute atomic E-state index is 13.9. The molecule has 3 aromatic rings. The molecule has 1 atom stereocenters. The SMILES string of the molecule is COc1ccccc1C(CNC(=O)c1cc(F)cc2[nH]c(=S)[nH]c12)N(C)C. The fourth-order valence-corrected chi connectivity index (χ4v) is 3.30. The number of hydrogen-bond acceptors (Lipinski definition) is 4. The van der Waals surface area contributed by atoms with Crippen LogP contribution in [-0.2, 0) is 0 Å². The smallest absolute Gasteiger partial charge is 0.253 e. The van der Waals surface area contributed by atoms with Crippen LogP contribution in [0.25, 0.3) is 11.0 Å².